The number of carbonyl (C=O) groups excluding carboxylic acids is 2. The summed E-state index contributed by atoms with van der Waals surface area (Å²) in [5, 5.41) is 2.76. The van der Waals surface area contributed by atoms with E-state index in [1.54, 1.807) is 23.8 Å². The maximum absolute atomic E-state index is 13.6. The van der Waals surface area contributed by atoms with Crippen molar-refractivity contribution >= 4 is 28.9 Å². The third-order valence-electron chi connectivity index (χ3n) is 5.92. The fourth-order valence-electron chi connectivity index (χ4n) is 4.15. The molecule has 1 unspecified atom stereocenters. The molecule has 1 aliphatic heterocycles. The Morgan fingerprint density at radius 3 is 2.82 bits per heavy atom. The van der Waals surface area contributed by atoms with E-state index in [1.807, 2.05) is 4.90 Å². The van der Waals surface area contributed by atoms with Gasteiger partial charge in [0.1, 0.15) is 17.0 Å². The first-order valence-corrected chi connectivity index (χ1v) is 11.2. The second kappa shape index (κ2) is 10.1. The monoisotopic (exact) mass is 453 g/mol. The summed E-state index contributed by atoms with van der Waals surface area (Å²) in [7, 11) is 1.62. The molecule has 0 spiro atoms. The molecule has 9 heteroatoms. The number of halogens is 1. The molecule has 3 aromatic rings. The van der Waals surface area contributed by atoms with Gasteiger partial charge < -0.3 is 9.64 Å². The van der Waals surface area contributed by atoms with Crippen LogP contribution in [0.1, 0.15) is 53.5 Å². The number of aromatic nitrogens is 3. The van der Waals surface area contributed by atoms with Gasteiger partial charge in [0, 0.05) is 38.4 Å². The standard InChI is InChI=1S/C24H28FN5O3/c1-16-7-3-4-12-29(16)23(32)20-11-10-19-21(26-20)30(13-6-14-33-2)24(27-19)28-22(31)17-8-5-9-18(25)15-17/h5,8-11,15-16H,3-4,6-7,12-14H2,1-2H3,(H,27,28,31). The quantitative estimate of drug-likeness (QED) is 0.549. The highest BCUT2D eigenvalue weighted by atomic mass is 19.1. The van der Waals surface area contributed by atoms with Gasteiger partial charge in [-0.05, 0) is 62.9 Å². The maximum Gasteiger partial charge on any atom is 0.272 e. The average Bonchev–Trinajstić information content (AvgIpc) is 3.15. The number of nitrogens with zero attached hydrogens (tertiary/aromatic N) is 4. The van der Waals surface area contributed by atoms with Crippen molar-refractivity contribution < 1.29 is 18.7 Å². The minimum absolute atomic E-state index is 0.0981. The Labute approximate surface area is 191 Å². The zero-order chi connectivity index (χ0) is 23.4. The number of nitrogens with one attached hydrogen (secondary N) is 1. The number of pyridine rings is 1. The van der Waals surface area contributed by atoms with Crippen LogP contribution in [0, 0.1) is 5.82 Å². The van der Waals surface area contributed by atoms with Gasteiger partial charge in [0.25, 0.3) is 11.8 Å². The van der Waals surface area contributed by atoms with E-state index in [4.69, 9.17) is 4.74 Å². The van der Waals surface area contributed by atoms with Crippen LogP contribution < -0.4 is 5.32 Å². The second-order valence-electron chi connectivity index (χ2n) is 8.28. The van der Waals surface area contributed by atoms with Crippen LogP contribution in [0.5, 0.6) is 0 Å². The molecule has 1 atom stereocenters. The lowest BCUT2D eigenvalue weighted by Gasteiger charge is -2.33. The Balaban J connectivity index is 1.67. The first kappa shape index (κ1) is 22.8. The van der Waals surface area contributed by atoms with Gasteiger partial charge in [-0.15, -0.1) is 0 Å². The summed E-state index contributed by atoms with van der Waals surface area (Å²) in [6, 6.07) is 9.06. The largest absolute Gasteiger partial charge is 0.385 e. The minimum Gasteiger partial charge on any atom is -0.385 e. The van der Waals surface area contributed by atoms with Crippen LogP contribution in [0.3, 0.4) is 0 Å². The molecule has 1 N–H and O–H groups in total. The zero-order valence-corrected chi connectivity index (χ0v) is 18.9. The molecule has 0 saturated carbocycles. The summed E-state index contributed by atoms with van der Waals surface area (Å²) in [4.78, 5) is 36.9. The third-order valence-corrected chi connectivity index (χ3v) is 5.92. The molecule has 2 amide bonds. The van der Waals surface area contributed by atoms with Crippen molar-refractivity contribution in [1.82, 2.24) is 19.4 Å². The van der Waals surface area contributed by atoms with E-state index in [2.05, 4.69) is 22.2 Å². The number of hydrogen-bond acceptors (Lipinski definition) is 5. The lowest BCUT2D eigenvalue weighted by Crippen LogP contribution is -2.42. The molecule has 4 rings (SSSR count). The van der Waals surface area contributed by atoms with Gasteiger partial charge in [0.2, 0.25) is 5.95 Å². The molecule has 2 aromatic heterocycles. The third kappa shape index (κ3) is 5.03. The molecular formula is C24H28FN5O3. The Bertz CT molecular complexity index is 1160. The van der Waals surface area contributed by atoms with Crippen molar-refractivity contribution in [2.45, 2.75) is 45.2 Å². The predicted molar refractivity (Wildman–Crippen MR) is 123 cm³/mol. The van der Waals surface area contributed by atoms with Crippen molar-refractivity contribution in [2.24, 2.45) is 0 Å². The first-order chi connectivity index (χ1) is 16.0. The van der Waals surface area contributed by atoms with Crippen molar-refractivity contribution in [1.29, 1.82) is 0 Å². The van der Waals surface area contributed by atoms with Gasteiger partial charge >= 0.3 is 0 Å². The number of benzene rings is 1. The summed E-state index contributed by atoms with van der Waals surface area (Å²) in [6.45, 7) is 3.78. The van der Waals surface area contributed by atoms with E-state index in [0.717, 1.165) is 25.8 Å². The van der Waals surface area contributed by atoms with E-state index in [1.165, 1.54) is 24.3 Å². The zero-order valence-electron chi connectivity index (χ0n) is 18.9. The number of piperidine rings is 1. The summed E-state index contributed by atoms with van der Waals surface area (Å²) >= 11 is 0. The topological polar surface area (TPSA) is 89.3 Å². The molecule has 0 radical (unpaired) electrons. The molecule has 1 saturated heterocycles. The van der Waals surface area contributed by atoms with E-state index in [9.17, 15) is 14.0 Å². The molecule has 0 aliphatic carbocycles. The van der Waals surface area contributed by atoms with Crippen LogP contribution in [0.25, 0.3) is 11.2 Å². The fraction of sp³-hybridized carbons (Fsp3) is 0.417. The summed E-state index contributed by atoms with van der Waals surface area (Å²) < 4.78 is 20.5. The summed E-state index contributed by atoms with van der Waals surface area (Å²) in [6.07, 6.45) is 3.76. The van der Waals surface area contributed by atoms with Crippen LogP contribution in [0.15, 0.2) is 36.4 Å². The average molecular weight is 454 g/mol. The summed E-state index contributed by atoms with van der Waals surface area (Å²) in [5.74, 6) is -0.776. The van der Waals surface area contributed by atoms with E-state index in [0.29, 0.717) is 42.4 Å². The van der Waals surface area contributed by atoms with Crippen LogP contribution >= 0.6 is 0 Å². The Morgan fingerprint density at radius 1 is 1.21 bits per heavy atom. The number of rotatable bonds is 7. The number of ether oxygens (including phenoxy) is 1. The maximum atomic E-state index is 13.6. The van der Waals surface area contributed by atoms with Crippen molar-refractivity contribution in [3.8, 4) is 0 Å². The molecule has 1 fully saturated rings. The first-order valence-electron chi connectivity index (χ1n) is 11.2. The number of amides is 2. The van der Waals surface area contributed by atoms with E-state index >= 15 is 0 Å². The SMILES string of the molecule is COCCCn1c(NC(=O)c2cccc(F)c2)nc2ccc(C(=O)N3CCCCC3C)nc21. The van der Waals surface area contributed by atoms with Crippen molar-refractivity contribution in [2.75, 3.05) is 25.6 Å². The number of aryl methyl sites for hydroxylation is 1. The molecule has 1 aliphatic rings. The number of anilines is 1. The fourth-order valence-corrected chi connectivity index (χ4v) is 4.15. The van der Waals surface area contributed by atoms with Gasteiger partial charge in [-0.3, -0.25) is 19.5 Å². The van der Waals surface area contributed by atoms with Crippen LogP contribution in [-0.4, -0.2) is 57.6 Å². The molecule has 1 aromatic carbocycles. The lowest BCUT2D eigenvalue weighted by atomic mass is 10.0. The molecular weight excluding hydrogens is 425 g/mol. The van der Waals surface area contributed by atoms with E-state index in [-0.39, 0.29) is 17.5 Å². The van der Waals surface area contributed by atoms with Gasteiger partial charge in [-0.25, -0.2) is 14.4 Å². The Hall–Kier alpha value is -3.33. The number of methoxy groups -OCH3 is 1. The molecule has 3 heterocycles. The number of fused-ring (bicyclic) bond motifs is 1. The van der Waals surface area contributed by atoms with Gasteiger partial charge in [0.05, 0.1) is 0 Å². The van der Waals surface area contributed by atoms with Crippen molar-refractivity contribution in [3.05, 3.63) is 53.5 Å². The molecule has 8 nitrogen and oxygen atoms in total. The lowest BCUT2D eigenvalue weighted by molar-refractivity contribution is 0.0629. The highest BCUT2D eigenvalue weighted by Gasteiger charge is 2.26. The number of imidazole rings is 1. The smallest absolute Gasteiger partial charge is 0.272 e. The normalized spacial score (nSPS) is 16.2. The summed E-state index contributed by atoms with van der Waals surface area (Å²) in [5.41, 5.74) is 1.61. The number of carbonyl (C=O) groups is 2. The highest BCUT2D eigenvalue weighted by Crippen LogP contribution is 2.23. The number of likely N-dealkylation sites (tertiary alicyclic amines) is 1. The molecule has 33 heavy (non-hydrogen) atoms. The second-order valence-corrected chi connectivity index (χ2v) is 8.28. The van der Waals surface area contributed by atoms with Gasteiger partial charge in [-0.1, -0.05) is 6.07 Å². The molecule has 0 bridgehead atoms. The Kier molecular flexibility index (Phi) is 6.98. The minimum atomic E-state index is -0.493. The Morgan fingerprint density at radius 2 is 2.06 bits per heavy atom. The van der Waals surface area contributed by atoms with Gasteiger partial charge in [0.15, 0.2) is 5.65 Å². The highest BCUT2D eigenvalue weighted by molar-refractivity contribution is 6.04. The number of hydrogen-bond donors (Lipinski definition) is 1. The predicted octanol–water partition coefficient (Wildman–Crippen LogP) is 3.87. The van der Waals surface area contributed by atoms with Gasteiger partial charge in [-0.2, -0.15) is 0 Å². The van der Waals surface area contributed by atoms with Crippen LogP contribution in [0.2, 0.25) is 0 Å². The molecule has 174 valence electrons. The van der Waals surface area contributed by atoms with Crippen LogP contribution in [0.4, 0.5) is 10.3 Å². The van der Waals surface area contributed by atoms with Crippen molar-refractivity contribution in [3.63, 3.8) is 0 Å². The van der Waals surface area contributed by atoms with E-state index < -0.39 is 11.7 Å². The van der Waals surface area contributed by atoms with Crippen LogP contribution in [-0.2, 0) is 11.3 Å².